The molecule has 4 heteroatoms. The SMILES string of the molecule is C=CC(=O)OCCCCC(Cl)=CC(=C)Cl. The van der Waals surface area contributed by atoms with Crippen LogP contribution >= 0.6 is 23.2 Å². The molecule has 0 aliphatic rings. The van der Waals surface area contributed by atoms with E-state index in [0.29, 0.717) is 23.1 Å². The van der Waals surface area contributed by atoms with Crippen molar-refractivity contribution in [3.8, 4) is 0 Å². The van der Waals surface area contributed by atoms with E-state index < -0.39 is 5.97 Å². The summed E-state index contributed by atoms with van der Waals surface area (Å²) in [5.41, 5.74) is 0. The second-order valence-corrected chi connectivity index (χ2v) is 3.84. The van der Waals surface area contributed by atoms with Gasteiger partial charge in [-0.2, -0.15) is 0 Å². The minimum Gasteiger partial charge on any atom is -0.463 e. The molecule has 15 heavy (non-hydrogen) atoms. The van der Waals surface area contributed by atoms with Crippen molar-refractivity contribution in [1.29, 1.82) is 0 Å². The Morgan fingerprint density at radius 2 is 2.00 bits per heavy atom. The predicted octanol–water partition coefficient (Wildman–Crippen LogP) is 3.76. The Balaban J connectivity index is 3.50. The van der Waals surface area contributed by atoms with Crippen LogP contribution in [0.25, 0.3) is 0 Å². The number of rotatable bonds is 7. The van der Waals surface area contributed by atoms with Crippen molar-refractivity contribution >= 4 is 29.2 Å². The number of carbonyl (C=O) groups excluding carboxylic acids is 1. The molecule has 84 valence electrons. The summed E-state index contributed by atoms with van der Waals surface area (Å²) in [5, 5.41) is 1.07. The number of hydrogen-bond donors (Lipinski definition) is 0. The van der Waals surface area contributed by atoms with E-state index in [1.54, 1.807) is 6.08 Å². The van der Waals surface area contributed by atoms with Crippen LogP contribution in [0.1, 0.15) is 19.3 Å². The monoisotopic (exact) mass is 248 g/mol. The van der Waals surface area contributed by atoms with Crippen LogP contribution in [0, 0.1) is 0 Å². The number of unbranched alkanes of at least 4 members (excludes halogenated alkanes) is 1. The van der Waals surface area contributed by atoms with Gasteiger partial charge in [0, 0.05) is 16.1 Å². The first-order chi connectivity index (χ1) is 7.06. The van der Waals surface area contributed by atoms with E-state index >= 15 is 0 Å². The Kier molecular flexibility index (Phi) is 8.15. The molecule has 0 radical (unpaired) electrons. The third-order valence-electron chi connectivity index (χ3n) is 1.53. The van der Waals surface area contributed by atoms with Gasteiger partial charge in [-0.15, -0.1) is 0 Å². The van der Waals surface area contributed by atoms with Gasteiger partial charge < -0.3 is 4.74 Å². The van der Waals surface area contributed by atoms with Crippen LogP contribution in [0.2, 0.25) is 0 Å². The molecule has 0 rings (SSSR count). The molecule has 0 aromatic heterocycles. The number of hydrogen-bond acceptors (Lipinski definition) is 2. The summed E-state index contributed by atoms with van der Waals surface area (Å²) in [6.45, 7) is 7.17. The number of carbonyl (C=O) groups is 1. The first kappa shape index (κ1) is 14.3. The van der Waals surface area contributed by atoms with Gasteiger partial charge in [0.25, 0.3) is 0 Å². The standard InChI is InChI=1S/C11H14Cl2O2/c1-3-11(14)15-7-5-4-6-10(13)8-9(2)12/h3,8H,1-2,4-7H2. The van der Waals surface area contributed by atoms with Crippen molar-refractivity contribution in [2.24, 2.45) is 0 Å². The topological polar surface area (TPSA) is 26.3 Å². The summed E-state index contributed by atoms with van der Waals surface area (Å²) < 4.78 is 4.79. The molecule has 0 bridgehead atoms. The number of halogens is 2. The second-order valence-electron chi connectivity index (χ2n) is 2.87. The summed E-state index contributed by atoms with van der Waals surface area (Å²) in [5.74, 6) is -0.397. The van der Waals surface area contributed by atoms with Crippen molar-refractivity contribution in [1.82, 2.24) is 0 Å². The fourth-order valence-corrected chi connectivity index (χ4v) is 1.32. The lowest BCUT2D eigenvalue weighted by molar-refractivity contribution is -0.137. The highest BCUT2D eigenvalue weighted by Gasteiger charge is 1.97. The maximum Gasteiger partial charge on any atom is 0.330 e. The molecule has 0 amide bonds. The molecular formula is C11H14Cl2O2. The Morgan fingerprint density at radius 3 is 2.53 bits per heavy atom. The zero-order valence-electron chi connectivity index (χ0n) is 8.47. The first-order valence-corrected chi connectivity index (χ1v) is 5.31. The van der Waals surface area contributed by atoms with E-state index in [4.69, 9.17) is 27.9 Å². The summed E-state index contributed by atoms with van der Waals surface area (Å²) in [7, 11) is 0. The van der Waals surface area contributed by atoms with E-state index in [0.717, 1.165) is 18.9 Å². The average molecular weight is 249 g/mol. The molecule has 0 aromatic carbocycles. The minimum absolute atomic E-state index is 0.386. The summed E-state index contributed by atoms with van der Waals surface area (Å²) in [4.78, 5) is 10.6. The van der Waals surface area contributed by atoms with Crippen molar-refractivity contribution in [2.45, 2.75) is 19.3 Å². The lowest BCUT2D eigenvalue weighted by Crippen LogP contribution is -2.01. The lowest BCUT2D eigenvalue weighted by atomic mass is 10.2. The normalized spacial score (nSPS) is 10.9. The molecule has 0 unspecified atom stereocenters. The fourth-order valence-electron chi connectivity index (χ4n) is 0.870. The average Bonchev–Trinajstić information content (AvgIpc) is 2.15. The van der Waals surface area contributed by atoms with E-state index in [1.807, 2.05) is 0 Å². The lowest BCUT2D eigenvalue weighted by Gasteiger charge is -2.01. The molecule has 0 saturated carbocycles. The van der Waals surface area contributed by atoms with Crippen LogP contribution in [0.4, 0.5) is 0 Å². The van der Waals surface area contributed by atoms with Crippen molar-refractivity contribution in [3.05, 3.63) is 35.4 Å². The highest BCUT2D eigenvalue weighted by molar-refractivity contribution is 6.34. The quantitative estimate of drug-likeness (QED) is 0.297. The molecular weight excluding hydrogens is 235 g/mol. The Hall–Kier alpha value is -0.730. The van der Waals surface area contributed by atoms with E-state index in [9.17, 15) is 4.79 Å². The maximum absolute atomic E-state index is 10.6. The summed E-state index contributed by atoms with van der Waals surface area (Å²) >= 11 is 11.4. The molecule has 0 N–H and O–H groups in total. The molecule has 0 atom stereocenters. The molecule has 0 spiro atoms. The number of allylic oxidation sites excluding steroid dienone is 3. The van der Waals surface area contributed by atoms with Gasteiger partial charge in [0.1, 0.15) is 0 Å². The van der Waals surface area contributed by atoms with Gasteiger partial charge in [-0.3, -0.25) is 0 Å². The molecule has 2 nitrogen and oxygen atoms in total. The van der Waals surface area contributed by atoms with Crippen LogP contribution in [-0.4, -0.2) is 12.6 Å². The highest BCUT2D eigenvalue weighted by Crippen LogP contribution is 2.15. The van der Waals surface area contributed by atoms with Crippen LogP contribution in [0.15, 0.2) is 35.4 Å². The van der Waals surface area contributed by atoms with Crippen LogP contribution in [-0.2, 0) is 9.53 Å². The van der Waals surface area contributed by atoms with Gasteiger partial charge in [-0.1, -0.05) is 36.4 Å². The van der Waals surface area contributed by atoms with Crippen molar-refractivity contribution in [2.75, 3.05) is 6.61 Å². The zero-order chi connectivity index (χ0) is 11.7. The molecule has 0 aliphatic carbocycles. The Morgan fingerprint density at radius 1 is 1.33 bits per heavy atom. The largest absolute Gasteiger partial charge is 0.463 e. The van der Waals surface area contributed by atoms with Gasteiger partial charge in [-0.25, -0.2) is 4.79 Å². The Bertz CT molecular complexity index is 270. The second kappa shape index (κ2) is 8.57. The van der Waals surface area contributed by atoms with Gasteiger partial charge in [0.2, 0.25) is 0 Å². The van der Waals surface area contributed by atoms with Gasteiger partial charge >= 0.3 is 5.97 Å². The van der Waals surface area contributed by atoms with Crippen LogP contribution < -0.4 is 0 Å². The number of ether oxygens (including phenoxy) is 1. The van der Waals surface area contributed by atoms with Crippen molar-refractivity contribution in [3.63, 3.8) is 0 Å². The van der Waals surface area contributed by atoms with Crippen LogP contribution in [0.3, 0.4) is 0 Å². The van der Waals surface area contributed by atoms with E-state index in [-0.39, 0.29) is 0 Å². The molecule has 0 heterocycles. The number of esters is 1. The molecule has 0 aromatic rings. The Labute approximate surface area is 100 Å². The smallest absolute Gasteiger partial charge is 0.330 e. The highest BCUT2D eigenvalue weighted by atomic mass is 35.5. The van der Waals surface area contributed by atoms with E-state index in [1.165, 1.54) is 0 Å². The molecule has 0 aliphatic heterocycles. The third kappa shape index (κ3) is 9.57. The maximum atomic E-state index is 10.6. The van der Waals surface area contributed by atoms with Gasteiger partial charge in [0.15, 0.2) is 0 Å². The fraction of sp³-hybridized carbons (Fsp3) is 0.364. The first-order valence-electron chi connectivity index (χ1n) is 4.56. The van der Waals surface area contributed by atoms with Crippen LogP contribution in [0.5, 0.6) is 0 Å². The summed E-state index contributed by atoms with van der Waals surface area (Å²) in [6, 6.07) is 0. The minimum atomic E-state index is -0.397. The zero-order valence-corrected chi connectivity index (χ0v) is 9.98. The van der Waals surface area contributed by atoms with E-state index in [2.05, 4.69) is 13.2 Å². The van der Waals surface area contributed by atoms with Gasteiger partial charge in [-0.05, 0) is 25.3 Å². The molecule has 0 fully saturated rings. The molecule has 0 saturated heterocycles. The predicted molar refractivity (Wildman–Crippen MR) is 63.9 cm³/mol. The van der Waals surface area contributed by atoms with Gasteiger partial charge in [0.05, 0.1) is 6.61 Å². The third-order valence-corrected chi connectivity index (χ3v) is 1.94. The van der Waals surface area contributed by atoms with Crippen molar-refractivity contribution < 1.29 is 9.53 Å². The summed E-state index contributed by atoms with van der Waals surface area (Å²) in [6.07, 6.45) is 5.06.